The van der Waals surface area contributed by atoms with Crippen LogP contribution in [0.5, 0.6) is 0 Å². The van der Waals surface area contributed by atoms with Gasteiger partial charge in [-0.05, 0) is 44.5 Å². The molecule has 0 saturated carbocycles. The first kappa shape index (κ1) is 16.8. The first-order valence-electron chi connectivity index (χ1n) is 5.95. The molecule has 0 spiro atoms. The van der Waals surface area contributed by atoms with Gasteiger partial charge in [-0.1, -0.05) is 11.6 Å². The molecule has 0 atom stereocenters. The van der Waals surface area contributed by atoms with Gasteiger partial charge in [-0.15, -0.1) is 0 Å². The number of rotatable bonds is 4. The van der Waals surface area contributed by atoms with Crippen molar-refractivity contribution in [2.24, 2.45) is 0 Å². The maximum Gasteiger partial charge on any atom is 0.321 e. The van der Waals surface area contributed by atoms with E-state index in [1.165, 1.54) is 12.1 Å². The zero-order chi connectivity index (χ0) is 15.6. The summed E-state index contributed by atoms with van der Waals surface area (Å²) < 4.78 is 28.9. The van der Waals surface area contributed by atoms with Crippen LogP contribution in [0, 0.1) is 0 Å². The van der Waals surface area contributed by atoms with E-state index >= 15 is 0 Å². The highest BCUT2D eigenvalue weighted by Crippen LogP contribution is 2.21. The van der Waals surface area contributed by atoms with E-state index in [-0.39, 0.29) is 5.75 Å². The normalized spacial score (nSPS) is 12.2. The van der Waals surface area contributed by atoms with Gasteiger partial charge >= 0.3 is 5.97 Å². The topological polar surface area (TPSA) is 86.5 Å². The van der Waals surface area contributed by atoms with Gasteiger partial charge in [-0.2, -0.15) is 0 Å². The molecule has 1 aromatic rings. The minimum Gasteiger partial charge on any atom is -0.459 e. The Kier molecular flexibility index (Phi) is 5.05. The summed E-state index contributed by atoms with van der Waals surface area (Å²) in [6.07, 6.45) is 0. The Bertz CT molecular complexity index is 605. The Hall–Kier alpha value is -1.27. The molecule has 0 heterocycles. The largest absolute Gasteiger partial charge is 0.459 e. The highest BCUT2D eigenvalue weighted by molar-refractivity contribution is 7.91. The minimum absolute atomic E-state index is 0.298. The zero-order valence-electron chi connectivity index (χ0n) is 11.6. The van der Waals surface area contributed by atoms with Crippen molar-refractivity contribution in [2.45, 2.75) is 32.1 Å². The molecule has 1 aromatic carbocycles. The Labute approximate surface area is 124 Å². The van der Waals surface area contributed by atoms with E-state index in [1.54, 1.807) is 26.8 Å². The Morgan fingerprint density at radius 1 is 1.35 bits per heavy atom. The van der Waals surface area contributed by atoms with Crippen LogP contribution in [0.15, 0.2) is 18.2 Å². The number of benzene rings is 1. The fourth-order valence-corrected chi connectivity index (χ4v) is 3.04. The van der Waals surface area contributed by atoms with Crippen LogP contribution in [0.2, 0.25) is 5.02 Å². The Morgan fingerprint density at radius 3 is 2.50 bits per heavy atom. The standard InChI is InChI=1S/C13H18ClNO4S/c1-13(2,3)19-12(16)8-20(17,18)7-9-6-10(15)4-5-11(9)14/h4-6H,7-8,15H2,1-3H3. The number of ether oxygens (including phenoxy) is 1. The average molecular weight is 320 g/mol. The molecule has 0 aliphatic rings. The molecule has 0 aromatic heterocycles. The lowest BCUT2D eigenvalue weighted by Gasteiger charge is -2.19. The third-order valence-electron chi connectivity index (χ3n) is 2.20. The number of nitrogens with two attached hydrogens (primary N) is 1. The van der Waals surface area contributed by atoms with Crippen LogP contribution in [0.3, 0.4) is 0 Å². The molecule has 1 rings (SSSR count). The summed E-state index contributed by atoms with van der Waals surface area (Å²) in [5.41, 5.74) is 5.65. The van der Waals surface area contributed by atoms with Gasteiger partial charge in [0.1, 0.15) is 11.4 Å². The lowest BCUT2D eigenvalue weighted by molar-refractivity contribution is -0.151. The first-order chi connectivity index (χ1) is 8.98. The van der Waals surface area contributed by atoms with Crippen molar-refractivity contribution in [3.05, 3.63) is 28.8 Å². The predicted molar refractivity (Wildman–Crippen MR) is 79.2 cm³/mol. The molecule has 0 radical (unpaired) electrons. The lowest BCUT2D eigenvalue weighted by atomic mass is 10.2. The van der Waals surface area contributed by atoms with Gasteiger partial charge in [-0.25, -0.2) is 8.42 Å². The van der Waals surface area contributed by atoms with E-state index in [2.05, 4.69) is 0 Å². The number of carbonyl (C=O) groups excluding carboxylic acids is 1. The molecule has 0 unspecified atom stereocenters. The molecule has 0 aliphatic heterocycles. The van der Waals surface area contributed by atoms with Crippen molar-refractivity contribution in [3.8, 4) is 0 Å². The van der Waals surface area contributed by atoms with Crippen molar-refractivity contribution in [1.29, 1.82) is 0 Å². The quantitative estimate of drug-likeness (QED) is 0.679. The molecule has 0 bridgehead atoms. The number of halogens is 1. The molecule has 5 nitrogen and oxygen atoms in total. The average Bonchev–Trinajstić information content (AvgIpc) is 2.18. The summed E-state index contributed by atoms with van der Waals surface area (Å²) in [6.45, 7) is 5.02. The van der Waals surface area contributed by atoms with Crippen LogP contribution in [0.25, 0.3) is 0 Å². The summed E-state index contributed by atoms with van der Waals surface area (Å²) >= 11 is 5.91. The number of hydrogen-bond acceptors (Lipinski definition) is 5. The van der Waals surface area contributed by atoms with Gasteiger partial charge in [-0.3, -0.25) is 4.79 Å². The SMILES string of the molecule is CC(C)(C)OC(=O)CS(=O)(=O)Cc1cc(N)ccc1Cl. The number of sulfone groups is 1. The number of nitrogen functional groups attached to an aromatic ring is 1. The summed E-state index contributed by atoms with van der Waals surface area (Å²) in [7, 11) is -3.66. The maximum atomic E-state index is 12.0. The third-order valence-corrected chi connectivity index (χ3v) is 4.00. The van der Waals surface area contributed by atoms with Gasteiger partial charge in [0.25, 0.3) is 0 Å². The molecular formula is C13H18ClNO4S. The van der Waals surface area contributed by atoms with Crippen molar-refractivity contribution < 1.29 is 17.9 Å². The summed E-state index contributed by atoms with van der Waals surface area (Å²) in [5, 5.41) is 0.298. The Balaban J connectivity index is 2.80. The first-order valence-corrected chi connectivity index (χ1v) is 8.15. The van der Waals surface area contributed by atoms with E-state index in [0.717, 1.165) is 0 Å². The van der Waals surface area contributed by atoms with Gasteiger partial charge in [0.15, 0.2) is 9.84 Å². The molecule has 0 amide bonds. The highest BCUT2D eigenvalue weighted by Gasteiger charge is 2.23. The molecule has 7 heteroatoms. The molecular weight excluding hydrogens is 302 g/mol. The van der Waals surface area contributed by atoms with Crippen molar-refractivity contribution >= 4 is 33.1 Å². The van der Waals surface area contributed by atoms with Crippen LogP contribution in [0.1, 0.15) is 26.3 Å². The zero-order valence-corrected chi connectivity index (χ0v) is 13.2. The number of esters is 1. The number of carbonyl (C=O) groups is 1. The molecule has 0 saturated heterocycles. The number of hydrogen-bond donors (Lipinski definition) is 1. The second-order valence-electron chi connectivity index (χ2n) is 5.47. The predicted octanol–water partition coefficient (Wildman–Crippen LogP) is 2.18. The van der Waals surface area contributed by atoms with E-state index in [1.807, 2.05) is 0 Å². The molecule has 0 aliphatic carbocycles. The molecule has 112 valence electrons. The fraction of sp³-hybridized carbons (Fsp3) is 0.462. The van der Waals surface area contributed by atoms with Crippen LogP contribution in [0.4, 0.5) is 5.69 Å². The van der Waals surface area contributed by atoms with Gasteiger partial charge < -0.3 is 10.5 Å². The van der Waals surface area contributed by atoms with Gasteiger partial charge in [0.05, 0.1) is 5.75 Å². The van der Waals surface area contributed by atoms with Crippen molar-refractivity contribution in [3.63, 3.8) is 0 Å². The van der Waals surface area contributed by atoms with Crippen LogP contribution < -0.4 is 5.73 Å². The van der Waals surface area contributed by atoms with E-state index < -0.39 is 27.2 Å². The second-order valence-corrected chi connectivity index (χ2v) is 7.94. The minimum atomic E-state index is -3.66. The fourth-order valence-electron chi connectivity index (χ4n) is 1.54. The van der Waals surface area contributed by atoms with E-state index in [0.29, 0.717) is 16.3 Å². The van der Waals surface area contributed by atoms with Crippen LogP contribution >= 0.6 is 11.6 Å². The van der Waals surface area contributed by atoms with E-state index in [9.17, 15) is 13.2 Å². The highest BCUT2D eigenvalue weighted by atomic mass is 35.5. The monoisotopic (exact) mass is 319 g/mol. The lowest BCUT2D eigenvalue weighted by Crippen LogP contribution is -2.29. The van der Waals surface area contributed by atoms with Crippen molar-refractivity contribution in [2.75, 3.05) is 11.5 Å². The Morgan fingerprint density at radius 2 is 1.95 bits per heavy atom. The molecule has 2 N–H and O–H groups in total. The molecule has 0 fully saturated rings. The third kappa shape index (κ3) is 5.79. The van der Waals surface area contributed by atoms with E-state index in [4.69, 9.17) is 22.1 Å². The van der Waals surface area contributed by atoms with Crippen LogP contribution in [-0.2, 0) is 25.1 Å². The smallest absolute Gasteiger partial charge is 0.321 e. The van der Waals surface area contributed by atoms with Gasteiger partial charge in [0, 0.05) is 10.7 Å². The van der Waals surface area contributed by atoms with Gasteiger partial charge in [0.2, 0.25) is 0 Å². The van der Waals surface area contributed by atoms with Crippen LogP contribution in [-0.4, -0.2) is 25.7 Å². The summed E-state index contributed by atoms with van der Waals surface area (Å²) in [6, 6.07) is 4.58. The number of anilines is 1. The summed E-state index contributed by atoms with van der Waals surface area (Å²) in [5.74, 6) is -1.82. The molecule has 20 heavy (non-hydrogen) atoms. The second kappa shape index (κ2) is 6.01. The summed E-state index contributed by atoms with van der Waals surface area (Å²) in [4.78, 5) is 11.6. The maximum absolute atomic E-state index is 12.0. The van der Waals surface area contributed by atoms with Crippen molar-refractivity contribution in [1.82, 2.24) is 0 Å².